The van der Waals surface area contributed by atoms with Gasteiger partial charge in [0.2, 0.25) is 0 Å². The Morgan fingerprint density at radius 1 is 1.20 bits per heavy atom. The molecule has 0 radical (unpaired) electrons. The molecule has 1 atom stereocenters. The van der Waals surface area contributed by atoms with Crippen LogP contribution in [0.2, 0.25) is 0 Å². The number of nitrogens with one attached hydrogen (secondary N) is 1. The highest BCUT2D eigenvalue weighted by molar-refractivity contribution is 5.32. The van der Waals surface area contributed by atoms with E-state index in [4.69, 9.17) is 0 Å². The molecule has 0 saturated heterocycles. The zero-order chi connectivity index (χ0) is 13.8. The lowest BCUT2D eigenvalue weighted by Gasteiger charge is -2.25. The minimum Gasteiger partial charge on any atom is -0.311 e. The third kappa shape index (κ3) is 2.91. The second kappa shape index (κ2) is 6.19. The van der Waals surface area contributed by atoms with Crippen molar-refractivity contribution in [2.45, 2.75) is 38.6 Å². The van der Waals surface area contributed by atoms with Gasteiger partial charge >= 0.3 is 0 Å². The summed E-state index contributed by atoms with van der Waals surface area (Å²) in [6.07, 6.45) is 5.73. The first-order chi connectivity index (χ1) is 9.84. The summed E-state index contributed by atoms with van der Waals surface area (Å²) in [5, 5.41) is 3.59. The monoisotopic (exact) mass is 266 g/mol. The zero-order valence-corrected chi connectivity index (χ0v) is 12.1. The number of pyridine rings is 1. The summed E-state index contributed by atoms with van der Waals surface area (Å²) in [4.78, 5) is 4.44. The standard InChI is InChI=1S/C18H22N2/c1-14-6-5-11-20-18(14)13-19-12-16-9-4-8-15-7-2-3-10-17(15)16/h2-3,5-7,10-11,16,19H,4,8-9,12-13H2,1H3. The van der Waals surface area contributed by atoms with E-state index in [1.807, 2.05) is 12.3 Å². The fraction of sp³-hybridized carbons (Fsp3) is 0.389. The number of benzene rings is 1. The van der Waals surface area contributed by atoms with Crippen LogP contribution in [0.15, 0.2) is 42.6 Å². The quantitative estimate of drug-likeness (QED) is 0.914. The van der Waals surface area contributed by atoms with Gasteiger partial charge in [-0.3, -0.25) is 4.98 Å². The van der Waals surface area contributed by atoms with Gasteiger partial charge in [0.15, 0.2) is 0 Å². The van der Waals surface area contributed by atoms with E-state index in [0.717, 1.165) is 18.8 Å². The number of hydrogen-bond donors (Lipinski definition) is 1. The highest BCUT2D eigenvalue weighted by Gasteiger charge is 2.19. The second-order valence-electron chi connectivity index (χ2n) is 5.69. The Kier molecular flexibility index (Phi) is 4.12. The Balaban J connectivity index is 1.61. The van der Waals surface area contributed by atoms with E-state index in [-0.39, 0.29) is 0 Å². The minimum absolute atomic E-state index is 0.656. The van der Waals surface area contributed by atoms with Crippen LogP contribution in [0.4, 0.5) is 0 Å². The van der Waals surface area contributed by atoms with Gasteiger partial charge in [0.25, 0.3) is 0 Å². The van der Waals surface area contributed by atoms with Crippen molar-refractivity contribution in [3.8, 4) is 0 Å². The summed E-state index contributed by atoms with van der Waals surface area (Å²) in [7, 11) is 0. The fourth-order valence-corrected chi connectivity index (χ4v) is 3.13. The Morgan fingerprint density at radius 2 is 2.10 bits per heavy atom. The summed E-state index contributed by atoms with van der Waals surface area (Å²) in [6.45, 7) is 4.04. The van der Waals surface area contributed by atoms with Gasteiger partial charge in [0, 0.05) is 19.3 Å². The van der Waals surface area contributed by atoms with E-state index in [1.54, 1.807) is 11.1 Å². The van der Waals surface area contributed by atoms with Crippen LogP contribution in [0.3, 0.4) is 0 Å². The molecule has 2 heteroatoms. The van der Waals surface area contributed by atoms with Crippen molar-refractivity contribution in [2.24, 2.45) is 0 Å². The first-order valence-electron chi connectivity index (χ1n) is 7.53. The van der Waals surface area contributed by atoms with Gasteiger partial charge in [-0.15, -0.1) is 0 Å². The lowest BCUT2D eigenvalue weighted by atomic mass is 9.83. The van der Waals surface area contributed by atoms with Crippen molar-refractivity contribution in [1.82, 2.24) is 10.3 Å². The third-order valence-corrected chi connectivity index (χ3v) is 4.29. The summed E-state index contributed by atoms with van der Waals surface area (Å²) in [6, 6.07) is 13.0. The first kappa shape index (κ1) is 13.3. The van der Waals surface area contributed by atoms with Crippen LogP contribution in [0.1, 0.15) is 41.1 Å². The molecule has 1 N–H and O–H groups in total. The van der Waals surface area contributed by atoms with Gasteiger partial charge in [-0.25, -0.2) is 0 Å². The van der Waals surface area contributed by atoms with Crippen molar-refractivity contribution in [3.05, 3.63) is 65.0 Å². The molecule has 0 spiro atoms. The largest absolute Gasteiger partial charge is 0.311 e. The van der Waals surface area contributed by atoms with Crippen molar-refractivity contribution in [2.75, 3.05) is 6.54 Å². The second-order valence-corrected chi connectivity index (χ2v) is 5.69. The molecule has 1 aliphatic rings. The maximum atomic E-state index is 4.44. The van der Waals surface area contributed by atoms with Crippen LogP contribution < -0.4 is 5.32 Å². The van der Waals surface area contributed by atoms with E-state index in [1.165, 1.54) is 24.8 Å². The van der Waals surface area contributed by atoms with Crippen molar-refractivity contribution >= 4 is 0 Å². The summed E-state index contributed by atoms with van der Waals surface area (Å²) >= 11 is 0. The molecule has 2 nitrogen and oxygen atoms in total. The van der Waals surface area contributed by atoms with Crippen LogP contribution in [0, 0.1) is 6.92 Å². The van der Waals surface area contributed by atoms with Crippen LogP contribution in [0.25, 0.3) is 0 Å². The van der Waals surface area contributed by atoms with Gasteiger partial charge in [-0.2, -0.15) is 0 Å². The van der Waals surface area contributed by atoms with E-state index < -0.39 is 0 Å². The van der Waals surface area contributed by atoms with Gasteiger partial charge in [0.05, 0.1) is 5.69 Å². The molecular weight excluding hydrogens is 244 g/mol. The Bertz CT molecular complexity index is 577. The Morgan fingerprint density at radius 3 is 3.00 bits per heavy atom. The number of fused-ring (bicyclic) bond motifs is 1. The van der Waals surface area contributed by atoms with Crippen LogP contribution in [-0.4, -0.2) is 11.5 Å². The Labute approximate surface area is 121 Å². The number of rotatable bonds is 4. The summed E-state index contributed by atoms with van der Waals surface area (Å²) in [5.41, 5.74) is 5.52. The van der Waals surface area contributed by atoms with Crippen LogP contribution in [0.5, 0.6) is 0 Å². The molecule has 1 aliphatic carbocycles. The normalized spacial score (nSPS) is 17.8. The average Bonchev–Trinajstić information content (AvgIpc) is 2.49. The predicted molar refractivity (Wildman–Crippen MR) is 82.8 cm³/mol. The molecule has 3 rings (SSSR count). The number of hydrogen-bond acceptors (Lipinski definition) is 2. The third-order valence-electron chi connectivity index (χ3n) is 4.29. The lowest BCUT2D eigenvalue weighted by Crippen LogP contribution is -2.24. The maximum absolute atomic E-state index is 4.44. The summed E-state index contributed by atoms with van der Waals surface area (Å²) < 4.78 is 0. The molecule has 1 aromatic heterocycles. The molecule has 1 unspecified atom stereocenters. The zero-order valence-electron chi connectivity index (χ0n) is 12.1. The van der Waals surface area contributed by atoms with E-state index in [2.05, 4.69) is 47.6 Å². The molecule has 0 aliphatic heterocycles. The smallest absolute Gasteiger partial charge is 0.0570 e. The highest BCUT2D eigenvalue weighted by Crippen LogP contribution is 2.30. The molecule has 20 heavy (non-hydrogen) atoms. The first-order valence-corrected chi connectivity index (χ1v) is 7.53. The molecule has 104 valence electrons. The minimum atomic E-state index is 0.656. The van der Waals surface area contributed by atoms with Gasteiger partial charge in [0.1, 0.15) is 0 Å². The van der Waals surface area contributed by atoms with Crippen LogP contribution >= 0.6 is 0 Å². The predicted octanol–water partition coefficient (Wildman–Crippen LogP) is 3.60. The van der Waals surface area contributed by atoms with E-state index in [0.29, 0.717) is 5.92 Å². The summed E-state index contributed by atoms with van der Waals surface area (Å²) in [5.74, 6) is 0.656. The SMILES string of the molecule is Cc1cccnc1CNCC1CCCc2ccccc21. The molecule has 2 aromatic rings. The fourth-order valence-electron chi connectivity index (χ4n) is 3.13. The van der Waals surface area contributed by atoms with E-state index in [9.17, 15) is 0 Å². The highest BCUT2D eigenvalue weighted by atomic mass is 14.9. The van der Waals surface area contributed by atoms with Gasteiger partial charge in [-0.1, -0.05) is 30.3 Å². The lowest BCUT2D eigenvalue weighted by molar-refractivity contribution is 0.504. The average molecular weight is 266 g/mol. The van der Waals surface area contributed by atoms with Crippen molar-refractivity contribution in [3.63, 3.8) is 0 Å². The van der Waals surface area contributed by atoms with Crippen LogP contribution in [-0.2, 0) is 13.0 Å². The van der Waals surface area contributed by atoms with Gasteiger partial charge in [-0.05, 0) is 54.9 Å². The van der Waals surface area contributed by atoms with Crippen molar-refractivity contribution < 1.29 is 0 Å². The molecule has 0 bridgehead atoms. The van der Waals surface area contributed by atoms with Gasteiger partial charge < -0.3 is 5.32 Å². The molecule has 1 aromatic carbocycles. The molecule has 0 fully saturated rings. The molecule has 0 saturated carbocycles. The molecule has 0 amide bonds. The number of aryl methyl sites for hydroxylation is 2. The number of nitrogens with zero attached hydrogens (tertiary/aromatic N) is 1. The maximum Gasteiger partial charge on any atom is 0.0570 e. The molecule has 1 heterocycles. The topological polar surface area (TPSA) is 24.9 Å². The number of aromatic nitrogens is 1. The van der Waals surface area contributed by atoms with Crippen molar-refractivity contribution in [1.29, 1.82) is 0 Å². The van der Waals surface area contributed by atoms with E-state index >= 15 is 0 Å². The Hall–Kier alpha value is -1.67. The molecular formula is C18H22N2.